The summed E-state index contributed by atoms with van der Waals surface area (Å²) >= 11 is 5.66. The fraction of sp³-hybridized carbons (Fsp3) is 0.143. The molecule has 0 saturated carbocycles. The van der Waals surface area contributed by atoms with E-state index in [2.05, 4.69) is 5.28 Å². The Hall–Kier alpha value is -1.29. The zero-order valence-corrected chi connectivity index (χ0v) is 6.90. The molecule has 1 aromatic rings. The first-order valence-electron chi connectivity index (χ1n) is 3.26. The van der Waals surface area contributed by atoms with Crippen LogP contribution in [0.4, 0.5) is 0 Å². The Labute approximate surface area is 74.3 Å². The van der Waals surface area contributed by atoms with Crippen molar-refractivity contribution < 1.29 is 10.1 Å². The molecule has 0 spiro atoms. The van der Waals surface area contributed by atoms with Crippen LogP contribution in [0.5, 0.6) is 0 Å². The number of benzene rings is 1. The highest BCUT2D eigenvalue weighted by atomic mass is 35.5. The summed E-state index contributed by atoms with van der Waals surface area (Å²) in [5, 5.41) is 21.6. The van der Waals surface area contributed by atoms with Crippen LogP contribution in [0.15, 0.2) is 29.5 Å². The summed E-state index contributed by atoms with van der Waals surface area (Å²) in [5.41, 5.74) is 0.704. The molecular formula is C7H7ClN2O2. The Kier molecular flexibility index (Phi) is 2.88. The molecule has 4 nitrogen and oxygen atoms in total. The minimum atomic E-state index is -0.00292. The summed E-state index contributed by atoms with van der Waals surface area (Å²) < 4.78 is 0. The third-order valence-corrected chi connectivity index (χ3v) is 1.54. The summed E-state index contributed by atoms with van der Waals surface area (Å²) in [6.07, 6.45) is 0. The van der Waals surface area contributed by atoms with Crippen LogP contribution in [0.3, 0.4) is 0 Å². The van der Waals surface area contributed by atoms with Gasteiger partial charge in [0.25, 0.3) is 0 Å². The highest BCUT2D eigenvalue weighted by Gasteiger charge is 1.99. The first kappa shape index (κ1) is 8.80. The van der Waals surface area contributed by atoms with Gasteiger partial charge in [0.1, 0.15) is 0 Å². The molecule has 0 heterocycles. The van der Waals surface area contributed by atoms with Crippen LogP contribution in [0, 0.1) is 5.21 Å². The molecule has 1 N–H and O–H groups in total. The lowest BCUT2D eigenvalue weighted by atomic mass is 10.2. The van der Waals surface area contributed by atoms with E-state index in [1.54, 1.807) is 24.3 Å². The second-order valence-corrected chi connectivity index (χ2v) is 2.67. The smallest absolute Gasteiger partial charge is 0.209 e. The van der Waals surface area contributed by atoms with Crippen LogP contribution >= 0.6 is 11.6 Å². The van der Waals surface area contributed by atoms with E-state index in [4.69, 9.17) is 16.8 Å². The monoisotopic (exact) mass is 186 g/mol. The Morgan fingerprint density at radius 1 is 1.58 bits per heavy atom. The molecule has 0 radical (unpaired) electrons. The van der Waals surface area contributed by atoms with E-state index in [9.17, 15) is 5.21 Å². The zero-order valence-electron chi connectivity index (χ0n) is 6.14. The van der Waals surface area contributed by atoms with Gasteiger partial charge in [0, 0.05) is 10.6 Å². The number of halogens is 1. The third kappa shape index (κ3) is 2.39. The zero-order chi connectivity index (χ0) is 8.97. The van der Waals surface area contributed by atoms with Gasteiger partial charge in [-0.3, -0.25) is 0 Å². The van der Waals surface area contributed by atoms with E-state index in [-0.39, 0.29) is 11.4 Å². The van der Waals surface area contributed by atoms with Crippen molar-refractivity contribution >= 4 is 11.6 Å². The van der Waals surface area contributed by atoms with Gasteiger partial charge < -0.3 is 10.4 Å². The summed E-state index contributed by atoms with van der Waals surface area (Å²) in [6, 6.07) is 6.79. The molecule has 0 aliphatic heterocycles. The van der Waals surface area contributed by atoms with Crippen LogP contribution in [0.25, 0.3) is 0 Å². The number of rotatable bonds is 2. The van der Waals surface area contributed by atoms with Gasteiger partial charge in [-0.15, -0.1) is 0 Å². The van der Waals surface area contributed by atoms with Crippen LogP contribution in [0.2, 0.25) is 5.02 Å². The fourth-order valence-electron chi connectivity index (χ4n) is 0.823. The lowest BCUT2D eigenvalue weighted by molar-refractivity contribution is -0.570. The highest BCUT2D eigenvalue weighted by Crippen LogP contribution is 2.10. The summed E-state index contributed by atoms with van der Waals surface area (Å²) in [6.45, 7) is -0.00292. The molecule has 1 rings (SSSR count). The second kappa shape index (κ2) is 3.92. The molecule has 0 aliphatic carbocycles. The van der Waals surface area contributed by atoms with Gasteiger partial charge in [0.15, 0.2) is 5.28 Å². The van der Waals surface area contributed by atoms with E-state index >= 15 is 0 Å². The van der Waals surface area contributed by atoms with Gasteiger partial charge in [-0.25, -0.2) is 0 Å². The average Bonchev–Trinajstić information content (AvgIpc) is 2.04. The first-order valence-corrected chi connectivity index (χ1v) is 3.64. The summed E-state index contributed by atoms with van der Waals surface area (Å²) in [7, 11) is 0. The third-order valence-electron chi connectivity index (χ3n) is 1.31. The Balaban J connectivity index is 2.76. The molecule has 0 unspecified atom stereocenters. The van der Waals surface area contributed by atoms with Gasteiger partial charge >= 0.3 is 0 Å². The van der Waals surface area contributed by atoms with Crippen molar-refractivity contribution in [2.24, 2.45) is 5.28 Å². The number of hydroxylamine groups is 1. The van der Waals surface area contributed by atoms with Crippen LogP contribution in [-0.4, -0.2) is 10.1 Å². The molecule has 0 saturated heterocycles. The largest absolute Gasteiger partial charge is 0.597 e. The van der Waals surface area contributed by atoms with Gasteiger partial charge in [0.2, 0.25) is 6.54 Å². The van der Waals surface area contributed by atoms with E-state index in [0.717, 1.165) is 0 Å². The molecule has 0 aliphatic rings. The number of hydrogen-bond acceptors (Lipinski definition) is 2. The van der Waals surface area contributed by atoms with Crippen LogP contribution in [0.1, 0.15) is 5.56 Å². The van der Waals surface area contributed by atoms with Crippen molar-refractivity contribution in [1.82, 2.24) is 0 Å². The standard InChI is InChI=1S/C7H7ClN2O2/c8-7-3-1-2-6(4-7)5-10(12)9-11/h1-4,11H,5H2/b10-9-. The maximum atomic E-state index is 10.5. The quantitative estimate of drug-likeness (QED) is 0.437. The van der Waals surface area contributed by atoms with Crippen LogP contribution in [-0.2, 0) is 6.54 Å². The molecule has 0 amide bonds. The molecule has 0 aromatic heterocycles. The van der Waals surface area contributed by atoms with Crippen molar-refractivity contribution in [3.05, 3.63) is 40.1 Å². The predicted molar refractivity (Wildman–Crippen MR) is 43.0 cm³/mol. The van der Waals surface area contributed by atoms with Crippen molar-refractivity contribution in [3.63, 3.8) is 0 Å². The van der Waals surface area contributed by atoms with E-state index in [1.807, 2.05) is 0 Å². The Morgan fingerprint density at radius 3 is 2.92 bits per heavy atom. The minimum absolute atomic E-state index is 0.00292. The Morgan fingerprint density at radius 2 is 2.33 bits per heavy atom. The average molecular weight is 187 g/mol. The maximum Gasteiger partial charge on any atom is 0.209 e. The maximum absolute atomic E-state index is 10.5. The summed E-state index contributed by atoms with van der Waals surface area (Å²) in [5.74, 6) is 0. The lowest BCUT2D eigenvalue weighted by Crippen LogP contribution is -1.99. The molecule has 5 heteroatoms. The lowest BCUT2D eigenvalue weighted by Gasteiger charge is -1.98. The summed E-state index contributed by atoms with van der Waals surface area (Å²) in [4.78, 5) is 0.172. The molecule has 64 valence electrons. The molecule has 1 aromatic carbocycles. The predicted octanol–water partition coefficient (Wildman–Crippen LogP) is 2.19. The first-order chi connectivity index (χ1) is 5.72. The van der Waals surface area contributed by atoms with Gasteiger partial charge in [0.05, 0.1) is 0 Å². The minimum Gasteiger partial charge on any atom is -0.597 e. The van der Waals surface area contributed by atoms with Crippen molar-refractivity contribution in [3.8, 4) is 0 Å². The van der Waals surface area contributed by atoms with Crippen molar-refractivity contribution in [1.29, 1.82) is 0 Å². The van der Waals surface area contributed by atoms with Crippen molar-refractivity contribution in [2.75, 3.05) is 0 Å². The fourth-order valence-corrected chi connectivity index (χ4v) is 1.04. The number of nitrogens with zero attached hydrogens (tertiary/aromatic N) is 2. The number of hydrogen-bond donors (Lipinski definition) is 1. The highest BCUT2D eigenvalue weighted by molar-refractivity contribution is 6.30. The Bertz CT molecular complexity index is 301. The van der Waals surface area contributed by atoms with E-state index in [1.165, 1.54) is 0 Å². The molecule has 0 atom stereocenters. The van der Waals surface area contributed by atoms with Crippen molar-refractivity contribution in [2.45, 2.75) is 6.54 Å². The van der Waals surface area contributed by atoms with Gasteiger partial charge in [-0.05, 0) is 12.1 Å². The van der Waals surface area contributed by atoms with Gasteiger partial charge in [-0.1, -0.05) is 28.6 Å². The molecular weight excluding hydrogens is 180 g/mol. The van der Waals surface area contributed by atoms with Crippen LogP contribution < -0.4 is 0 Å². The van der Waals surface area contributed by atoms with E-state index < -0.39 is 0 Å². The molecule has 12 heavy (non-hydrogen) atoms. The van der Waals surface area contributed by atoms with E-state index in [0.29, 0.717) is 10.6 Å². The normalized spacial score (nSPS) is 11.6. The molecule has 0 bridgehead atoms. The second-order valence-electron chi connectivity index (χ2n) is 2.23. The van der Waals surface area contributed by atoms with Gasteiger partial charge in [-0.2, -0.15) is 0 Å². The topological polar surface area (TPSA) is 58.7 Å². The SMILES string of the molecule is [O-]/[N+](Cc1cccc(Cl)c1)=N\O. The molecule has 0 fully saturated rings.